The second kappa shape index (κ2) is 6.24. The number of nitrogens with one attached hydrogen (secondary N) is 1. The van der Waals surface area contributed by atoms with Crippen LogP contribution in [0, 0.1) is 5.92 Å². The van der Waals surface area contributed by atoms with Gasteiger partial charge in [0.2, 0.25) is 0 Å². The van der Waals surface area contributed by atoms with E-state index in [0.717, 1.165) is 24.1 Å². The van der Waals surface area contributed by atoms with Crippen molar-refractivity contribution in [3.8, 4) is 5.75 Å². The molecule has 3 atom stereocenters. The summed E-state index contributed by atoms with van der Waals surface area (Å²) in [6, 6.07) is 9.51. The van der Waals surface area contributed by atoms with Gasteiger partial charge in [-0.3, -0.25) is 0 Å². The third-order valence-electron chi connectivity index (χ3n) is 3.92. The summed E-state index contributed by atoms with van der Waals surface area (Å²) < 4.78 is 5.46. The first-order chi connectivity index (χ1) is 8.80. The van der Waals surface area contributed by atoms with E-state index in [9.17, 15) is 0 Å². The lowest BCUT2D eigenvalue weighted by molar-refractivity contribution is 0.394. The molecule has 2 rings (SSSR count). The van der Waals surface area contributed by atoms with Crippen molar-refractivity contribution in [2.75, 3.05) is 7.11 Å². The van der Waals surface area contributed by atoms with Crippen molar-refractivity contribution in [3.63, 3.8) is 0 Å². The monoisotopic (exact) mass is 247 g/mol. The highest BCUT2D eigenvalue weighted by Crippen LogP contribution is 2.38. The van der Waals surface area contributed by atoms with Crippen LogP contribution >= 0.6 is 0 Å². The largest absolute Gasteiger partial charge is 0.496 e. The minimum atomic E-state index is 0.424. The number of ether oxygens (including phenoxy) is 1. The van der Waals surface area contributed by atoms with Crippen LogP contribution in [0.25, 0.3) is 0 Å². The van der Waals surface area contributed by atoms with Crippen molar-refractivity contribution in [2.24, 2.45) is 5.92 Å². The molecule has 100 valence electrons. The fraction of sp³-hybridized carbons (Fsp3) is 0.625. The van der Waals surface area contributed by atoms with E-state index in [0.29, 0.717) is 6.04 Å². The van der Waals surface area contributed by atoms with E-state index in [1.165, 1.54) is 24.8 Å². The van der Waals surface area contributed by atoms with Crippen molar-refractivity contribution in [3.05, 3.63) is 29.8 Å². The molecule has 0 radical (unpaired) electrons. The predicted octanol–water partition coefficient (Wildman–Crippen LogP) is 3.92. The van der Waals surface area contributed by atoms with Crippen LogP contribution in [0.5, 0.6) is 5.75 Å². The lowest BCUT2D eigenvalue weighted by Gasteiger charge is -2.20. The van der Waals surface area contributed by atoms with Crippen LogP contribution in [0.15, 0.2) is 24.3 Å². The second-order valence-corrected chi connectivity index (χ2v) is 5.26. The van der Waals surface area contributed by atoms with Crippen molar-refractivity contribution in [1.82, 2.24) is 5.32 Å². The van der Waals surface area contributed by atoms with Gasteiger partial charge < -0.3 is 10.1 Å². The van der Waals surface area contributed by atoms with E-state index in [-0.39, 0.29) is 0 Å². The van der Waals surface area contributed by atoms with Gasteiger partial charge in [0.15, 0.2) is 0 Å². The van der Waals surface area contributed by atoms with E-state index >= 15 is 0 Å². The van der Waals surface area contributed by atoms with Crippen molar-refractivity contribution >= 4 is 0 Å². The van der Waals surface area contributed by atoms with Crippen LogP contribution in [-0.4, -0.2) is 13.2 Å². The molecule has 2 nitrogen and oxygen atoms in total. The van der Waals surface area contributed by atoms with Crippen LogP contribution in [0.3, 0.4) is 0 Å². The van der Waals surface area contributed by atoms with Gasteiger partial charge in [0.25, 0.3) is 0 Å². The van der Waals surface area contributed by atoms with Gasteiger partial charge in [0, 0.05) is 17.6 Å². The molecule has 0 saturated heterocycles. The summed E-state index contributed by atoms with van der Waals surface area (Å²) in [4.78, 5) is 0. The van der Waals surface area contributed by atoms with Crippen LogP contribution in [0.4, 0.5) is 0 Å². The summed E-state index contributed by atoms with van der Waals surface area (Å²) in [5.41, 5.74) is 1.30. The van der Waals surface area contributed by atoms with Crippen LogP contribution in [0.1, 0.15) is 51.1 Å². The fourth-order valence-corrected chi connectivity index (χ4v) is 2.78. The minimum absolute atomic E-state index is 0.424. The molecule has 0 bridgehead atoms. The second-order valence-electron chi connectivity index (χ2n) is 5.26. The first-order valence-corrected chi connectivity index (χ1v) is 7.19. The highest BCUT2D eigenvalue weighted by molar-refractivity contribution is 5.36. The summed E-state index contributed by atoms with van der Waals surface area (Å²) in [6.07, 6.45) is 5.11. The Hall–Kier alpha value is -1.02. The smallest absolute Gasteiger partial charge is 0.123 e. The van der Waals surface area contributed by atoms with E-state index in [4.69, 9.17) is 4.74 Å². The highest BCUT2D eigenvalue weighted by atomic mass is 16.5. The van der Waals surface area contributed by atoms with Crippen molar-refractivity contribution in [2.45, 2.75) is 51.6 Å². The van der Waals surface area contributed by atoms with Crippen LogP contribution in [0.2, 0.25) is 0 Å². The van der Waals surface area contributed by atoms with E-state index in [1.54, 1.807) is 7.11 Å². The summed E-state index contributed by atoms with van der Waals surface area (Å²) >= 11 is 0. The van der Waals surface area contributed by atoms with Gasteiger partial charge in [-0.1, -0.05) is 38.5 Å². The fourth-order valence-electron chi connectivity index (χ4n) is 2.78. The number of hydrogen-bond acceptors (Lipinski definition) is 2. The topological polar surface area (TPSA) is 21.3 Å². The van der Waals surface area contributed by atoms with Gasteiger partial charge in [-0.25, -0.2) is 0 Å². The van der Waals surface area contributed by atoms with Crippen molar-refractivity contribution in [1.29, 1.82) is 0 Å². The molecule has 18 heavy (non-hydrogen) atoms. The Balaban J connectivity index is 2.00. The summed E-state index contributed by atoms with van der Waals surface area (Å²) in [5, 5.41) is 3.79. The molecule has 0 amide bonds. The van der Waals surface area contributed by atoms with Gasteiger partial charge in [-0.05, 0) is 31.2 Å². The molecule has 0 aliphatic heterocycles. The molecular formula is C16H25NO. The number of hydrogen-bond donors (Lipinski definition) is 1. The average molecular weight is 247 g/mol. The third-order valence-corrected chi connectivity index (χ3v) is 3.92. The first kappa shape index (κ1) is 13.4. The Morgan fingerprint density at radius 3 is 2.78 bits per heavy atom. The highest BCUT2D eigenvalue weighted by Gasteiger charge is 2.37. The third kappa shape index (κ3) is 3.05. The van der Waals surface area contributed by atoms with Gasteiger partial charge in [-0.15, -0.1) is 0 Å². The minimum Gasteiger partial charge on any atom is -0.496 e. The number of para-hydroxylation sites is 1. The lowest BCUT2D eigenvalue weighted by atomic mass is 10.0. The molecule has 1 aromatic rings. The van der Waals surface area contributed by atoms with Crippen LogP contribution < -0.4 is 10.1 Å². The molecule has 3 unspecified atom stereocenters. The first-order valence-electron chi connectivity index (χ1n) is 7.19. The van der Waals surface area contributed by atoms with E-state index < -0.39 is 0 Å². The van der Waals surface area contributed by atoms with Gasteiger partial charge in [-0.2, -0.15) is 0 Å². The maximum absolute atomic E-state index is 5.46. The normalized spacial score (nSPS) is 23.7. The molecule has 1 N–H and O–H groups in total. The molecule has 0 heterocycles. The Morgan fingerprint density at radius 1 is 1.33 bits per heavy atom. The number of methoxy groups -OCH3 is 1. The Kier molecular flexibility index (Phi) is 4.65. The Bertz CT molecular complexity index is 377. The molecule has 1 aromatic carbocycles. The standard InChI is InChI=1S/C16H25NO/c1-4-8-12-11-15(12)17-14(5-2)13-9-6-7-10-16(13)18-3/h6-7,9-10,12,14-15,17H,4-5,8,11H2,1-3H3. The van der Waals surface area contributed by atoms with Gasteiger partial charge in [0.05, 0.1) is 7.11 Å². The molecule has 2 heteroatoms. The Labute approximate surface area is 111 Å². The molecular weight excluding hydrogens is 222 g/mol. The quantitative estimate of drug-likeness (QED) is 0.788. The zero-order valence-electron chi connectivity index (χ0n) is 11.8. The summed E-state index contributed by atoms with van der Waals surface area (Å²) in [6.45, 7) is 4.51. The lowest BCUT2D eigenvalue weighted by Crippen LogP contribution is -2.24. The maximum Gasteiger partial charge on any atom is 0.123 e. The summed E-state index contributed by atoms with van der Waals surface area (Å²) in [7, 11) is 1.75. The molecule has 1 aliphatic carbocycles. The Morgan fingerprint density at radius 2 is 2.11 bits per heavy atom. The van der Waals surface area contributed by atoms with Gasteiger partial charge in [0.1, 0.15) is 5.75 Å². The average Bonchev–Trinajstić information content (AvgIpc) is 3.14. The zero-order chi connectivity index (χ0) is 13.0. The summed E-state index contributed by atoms with van der Waals surface area (Å²) in [5.74, 6) is 1.91. The molecule has 1 aliphatic rings. The predicted molar refractivity (Wildman–Crippen MR) is 76.0 cm³/mol. The zero-order valence-corrected chi connectivity index (χ0v) is 11.8. The number of benzene rings is 1. The molecule has 0 aromatic heterocycles. The maximum atomic E-state index is 5.46. The number of rotatable bonds is 7. The molecule has 1 saturated carbocycles. The van der Waals surface area contributed by atoms with E-state index in [2.05, 4.69) is 37.4 Å². The molecule has 0 spiro atoms. The van der Waals surface area contributed by atoms with E-state index in [1.807, 2.05) is 6.07 Å². The van der Waals surface area contributed by atoms with Crippen LogP contribution in [-0.2, 0) is 0 Å². The molecule has 1 fully saturated rings. The SMILES string of the molecule is CCCC1CC1NC(CC)c1ccccc1OC. The van der Waals surface area contributed by atoms with Gasteiger partial charge >= 0.3 is 0 Å². The van der Waals surface area contributed by atoms with Crippen molar-refractivity contribution < 1.29 is 4.74 Å².